The Balaban J connectivity index is 1.61. The first kappa shape index (κ1) is 16.5. The zero-order chi connectivity index (χ0) is 15.9. The molecule has 0 spiro atoms. The van der Waals surface area contributed by atoms with Gasteiger partial charge in [0, 0.05) is 36.6 Å². The minimum absolute atomic E-state index is 0.651. The van der Waals surface area contributed by atoms with E-state index in [4.69, 9.17) is 23.2 Å². The molecule has 1 aromatic rings. The van der Waals surface area contributed by atoms with E-state index in [0.29, 0.717) is 16.1 Å². The molecule has 0 amide bonds. The van der Waals surface area contributed by atoms with Gasteiger partial charge < -0.3 is 4.90 Å². The van der Waals surface area contributed by atoms with Gasteiger partial charge >= 0.3 is 0 Å². The maximum absolute atomic E-state index is 6.25. The summed E-state index contributed by atoms with van der Waals surface area (Å²) in [6, 6.07) is 1.43. The topological polar surface area (TPSA) is 19.4 Å². The second-order valence-electron chi connectivity index (χ2n) is 7.23. The van der Waals surface area contributed by atoms with Crippen LogP contribution in [0.4, 0.5) is 0 Å². The lowest BCUT2D eigenvalue weighted by molar-refractivity contribution is 0.212. The fourth-order valence-electron chi connectivity index (χ4n) is 4.30. The van der Waals surface area contributed by atoms with E-state index >= 15 is 0 Å². The molecule has 122 valence electrons. The quantitative estimate of drug-likeness (QED) is 0.826. The zero-order valence-corrected chi connectivity index (χ0v) is 15.1. The summed E-state index contributed by atoms with van der Waals surface area (Å²) in [5.41, 5.74) is 1.00. The molecule has 0 saturated heterocycles. The van der Waals surface area contributed by atoms with E-state index in [0.717, 1.165) is 30.0 Å². The Morgan fingerprint density at radius 3 is 1.95 bits per heavy atom. The van der Waals surface area contributed by atoms with Gasteiger partial charge in [0.15, 0.2) is 0 Å². The first-order valence-electron chi connectivity index (χ1n) is 8.10. The van der Waals surface area contributed by atoms with Gasteiger partial charge in [-0.2, -0.15) is 0 Å². The first-order valence-corrected chi connectivity index (χ1v) is 8.85. The lowest BCUT2D eigenvalue weighted by atomic mass is 10.0. The molecule has 1 heterocycles. The molecule has 0 aromatic carbocycles. The number of halogens is 2. The van der Waals surface area contributed by atoms with Crippen molar-refractivity contribution in [1.29, 1.82) is 0 Å². The largest absolute Gasteiger partial charge is 0.306 e. The number of fused-ring (bicyclic) bond motifs is 1. The Morgan fingerprint density at radius 1 is 0.955 bits per heavy atom. The van der Waals surface area contributed by atoms with Gasteiger partial charge in [-0.1, -0.05) is 23.2 Å². The maximum Gasteiger partial charge on any atom is 0.0649 e. The molecule has 2 aliphatic rings. The van der Waals surface area contributed by atoms with Crippen molar-refractivity contribution in [2.45, 2.75) is 44.3 Å². The summed E-state index contributed by atoms with van der Waals surface area (Å²) in [5, 5.41) is 1.34. The van der Waals surface area contributed by atoms with Crippen LogP contribution in [0.5, 0.6) is 0 Å². The van der Waals surface area contributed by atoms with Gasteiger partial charge in [-0.15, -0.1) is 0 Å². The Bertz CT molecular complexity index is 500. The van der Waals surface area contributed by atoms with Crippen molar-refractivity contribution in [1.82, 2.24) is 14.8 Å². The highest BCUT2D eigenvalue weighted by atomic mass is 35.5. The molecule has 5 heteroatoms. The average molecular weight is 342 g/mol. The number of nitrogens with zero attached hydrogens (tertiary/aromatic N) is 3. The summed E-state index contributed by atoms with van der Waals surface area (Å²) in [7, 11) is 6.62. The summed E-state index contributed by atoms with van der Waals surface area (Å²) < 4.78 is 0. The number of aromatic nitrogens is 1. The minimum Gasteiger partial charge on any atom is -0.306 e. The van der Waals surface area contributed by atoms with E-state index in [1.807, 2.05) is 0 Å². The van der Waals surface area contributed by atoms with Gasteiger partial charge in [0.05, 0.1) is 10.0 Å². The van der Waals surface area contributed by atoms with Crippen LogP contribution >= 0.6 is 23.2 Å². The Hall–Kier alpha value is -0.350. The predicted octanol–water partition coefficient (Wildman–Crippen LogP) is 3.94. The molecular weight excluding hydrogens is 317 g/mol. The van der Waals surface area contributed by atoms with Crippen molar-refractivity contribution >= 4 is 23.2 Å². The predicted molar refractivity (Wildman–Crippen MR) is 92.4 cm³/mol. The number of rotatable bonds is 4. The average Bonchev–Trinajstić information content (AvgIpc) is 3.01. The third-order valence-electron chi connectivity index (χ3n) is 5.68. The highest BCUT2D eigenvalue weighted by Crippen LogP contribution is 2.46. The van der Waals surface area contributed by atoms with Crippen molar-refractivity contribution < 1.29 is 0 Å². The summed E-state index contributed by atoms with van der Waals surface area (Å²) in [6.07, 6.45) is 8.71. The van der Waals surface area contributed by atoms with E-state index in [1.54, 1.807) is 12.4 Å². The van der Waals surface area contributed by atoms with Crippen molar-refractivity contribution in [3.8, 4) is 0 Å². The molecule has 3 nitrogen and oxygen atoms in total. The third-order valence-corrected chi connectivity index (χ3v) is 6.33. The van der Waals surface area contributed by atoms with Crippen LogP contribution in [0.3, 0.4) is 0 Å². The van der Waals surface area contributed by atoms with E-state index < -0.39 is 0 Å². The molecule has 2 fully saturated rings. The molecule has 4 atom stereocenters. The van der Waals surface area contributed by atoms with Gasteiger partial charge in [0.25, 0.3) is 0 Å². The third kappa shape index (κ3) is 3.28. The van der Waals surface area contributed by atoms with Gasteiger partial charge in [-0.25, -0.2) is 0 Å². The molecule has 2 aliphatic carbocycles. The molecule has 0 N–H and O–H groups in total. The van der Waals surface area contributed by atoms with Crippen molar-refractivity contribution in [3.05, 3.63) is 28.0 Å². The monoisotopic (exact) mass is 341 g/mol. The minimum atomic E-state index is 0.651. The van der Waals surface area contributed by atoms with Crippen LogP contribution < -0.4 is 0 Å². The Morgan fingerprint density at radius 2 is 1.45 bits per heavy atom. The molecule has 0 bridgehead atoms. The second kappa shape index (κ2) is 6.64. The fourth-order valence-corrected chi connectivity index (χ4v) is 4.79. The lowest BCUT2D eigenvalue weighted by Gasteiger charge is -2.27. The van der Waals surface area contributed by atoms with Crippen molar-refractivity contribution in [2.75, 3.05) is 21.1 Å². The van der Waals surface area contributed by atoms with Crippen LogP contribution in [0.2, 0.25) is 10.0 Å². The highest BCUT2D eigenvalue weighted by Gasteiger charge is 2.43. The van der Waals surface area contributed by atoms with Gasteiger partial charge in [0.1, 0.15) is 0 Å². The van der Waals surface area contributed by atoms with Gasteiger partial charge in [-0.3, -0.25) is 9.88 Å². The van der Waals surface area contributed by atoms with E-state index in [1.165, 1.54) is 25.7 Å². The first-order chi connectivity index (χ1) is 10.5. The Kier molecular flexibility index (Phi) is 4.98. The van der Waals surface area contributed by atoms with E-state index in [9.17, 15) is 0 Å². The van der Waals surface area contributed by atoms with Crippen LogP contribution in [0.15, 0.2) is 12.4 Å². The van der Waals surface area contributed by atoms with Crippen LogP contribution in [0, 0.1) is 11.8 Å². The Labute approximate surface area is 143 Å². The number of hydrogen-bond acceptors (Lipinski definition) is 3. The molecule has 0 radical (unpaired) electrons. The number of pyridine rings is 1. The standard InChI is InChI=1S/C17H25Cl2N3/c1-21(2)13-4-11-6-14(7-12(11)5-13)22(3)10-15-16(18)8-20-9-17(15)19/h8-9,11-14H,4-7,10H2,1-3H3/t11-,12+,13?,14?. The zero-order valence-electron chi connectivity index (χ0n) is 13.6. The molecule has 2 saturated carbocycles. The molecule has 1 aromatic heterocycles. The van der Waals surface area contributed by atoms with Crippen LogP contribution in [-0.2, 0) is 6.54 Å². The second-order valence-corrected chi connectivity index (χ2v) is 8.05. The molecule has 2 unspecified atom stereocenters. The smallest absolute Gasteiger partial charge is 0.0649 e. The molecule has 3 rings (SSSR count). The summed E-state index contributed by atoms with van der Waals surface area (Å²) >= 11 is 12.5. The summed E-state index contributed by atoms with van der Waals surface area (Å²) in [5.74, 6) is 1.78. The van der Waals surface area contributed by atoms with Gasteiger partial charge in [0.2, 0.25) is 0 Å². The number of hydrogen-bond donors (Lipinski definition) is 0. The summed E-state index contributed by atoms with van der Waals surface area (Å²) in [4.78, 5) is 8.86. The normalized spacial score (nSPS) is 31.2. The van der Waals surface area contributed by atoms with Crippen LogP contribution in [0.25, 0.3) is 0 Å². The van der Waals surface area contributed by atoms with Gasteiger partial charge in [-0.05, 0) is 58.7 Å². The van der Waals surface area contributed by atoms with E-state index in [-0.39, 0.29) is 0 Å². The maximum atomic E-state index is 6.25. The highest BCUT2D eigenvalue weighted by molar-refractivity contribution is 6.35. The molecule has 0 aliphatic heterocycles. The lowest BCUT2D eigenvalue weighted by Crippen LogP contribution is -2.31. The SMILES string of the molecule is CN(C)C1C[C@@H]2CC(N(C)Cc3c(Cl)cncc3Cl)C[C@@H]2C1. The van der Waals surface area contributed by atoms with Crippen molar-refractivity contribution in [3.63, 3.8) is 0 Å². The van der Waals surface area contributed by atoms with E-state index in [2.05, 4.69) is 35.9 Å². The molecule has 22 heavy (non-hydrogen) atoms. The van der Waals surface area contributed by atoms with Crippen molar-refractivity contribution in [2.24, 2.45) is 11.8 Å². The molecular formula is C17H25Cl2N3. The van der Waals surface area contributed by atoms with Crippen LogP contribution in [-0.4, -0.2) is 48.0 Å². The fraction of sp³-hybridized carbons (Fsp3) is 0.706. The van der Waals surface area contributed by atoms with Crippen LogP contribution in [0.1, 0.15) is 31.2 Å². The summed E-state index contributed by atoms with van der Waals surface area (Å²) in [6.45, 7) is 0.807.